The van der Waals surface area contributed by atoms with E-state index in [9.17, 15) is 0 Å². The molecule has 3 aliphatic rings. The van der Waals surface area contributed by atoms with Crippen molar-refractivity contribution in [2.45, 2.75) is 74.0 Å². The molecule has 2 aliphatic carbocycles. The molecule has 1 aliphatic heterocycles. The molecule has 1 atom stereocenters. The molecule has 1 unspecified atom stereocenters. The van der Waals surface area contributed by atoms with Crippen molar-refractivity contribution in [2.24, 2.45) is 0 Å². The van der Waals surface area contributed by atoms with Crippen LogP contribution in [0.3, 0.4) is 0 Å². The van der Waals surface area contributed by atoms with Gasteiger partial charge in [0.15, 0.2) is 0 Å². The SMILES string of the molecule is CCCC(C)c1ccc(C2CC2)c2c1C(=C1CC1)c1ccccc1S2. The zero-order valence-electron chi connectivity index (χ0n) is 15.3. The average molecular weight is 347 g/mol. The van der Waals surface area contributed by atoms with Crippen LogP contribution in [0.1, 0.15) is 86.5 Å². The molecule has 2 aromatic rings. The lowest BCUT2D eigenvalue weighted by molar-refractivity contribution is 0.661. The Morgan fingerprint density at radius 1 is 1.08 bits per heavy atom. The zero-order chi connectivity index (χ0) is 17.0. The lowest BCUT2D eigenvalue weighted by atomic mass is 9.84. The summed E-state index contributed by atoms with van der Waals surface area (Å²) in [6, 6.07) is 14.0. The van der Waals surface area contributed by atoms with Crippen LogP contribution in [0.25, 0.3) is 5.57 Å². The molecule has 128 valence electrons. The lowest BCUT2D eigenvalue weighted by Crippen LogP contribution is -2.08. The van der Waals surface area contributed by atoms with E-state index in [0.717, 1.165) is 5.92 Å². The highest BCUT2D eigenvalue weighted by Gasteiger charge is 2.35. The van der Waals surface area contributed by atoms with E-state index >= 15 is 0 Å². The van der Waals surface area contributed by atoms with E-state index in [1.54, 1.807) is 32.7 Å². The number of hydrogen-bond donors (Lipinski definition) is 0. The number of fused-ring (bicyclic) bond motifs is 2. The summed E-state index contributed by atoms with van der Waals surface area (Å²) in [7, 11) is 0. The summed E-state index contributed by atoms with van der Waals surface area (Å²) < 4.78 is 0. The van der Waals surface area contributed by atoms with Crippen LogP contribution in [0.4, 0.5) is 0 Å². The normalized spacial score (nSPS) is 19.4. The van der Waals surface area contributed by atoms with Crippen LogP contribution in [0, 0.1) is 0 Å². The van der Waals surface area contributed by atoms with Crippen LogP contribution in [0.15, 0.2) is 51.8 Å². The third-order valence-corrected chi connectivity index (χ3v) is 7.18. The van der Waals surface area contributed by atoms with Gasteiger partial charge in [0.25, 0.3) is 0 Å². The van der Waals surface area contributed by atoms with Crippen LogP contribution in [0.2, 0.25) is 0 Å². The summed E-state index contributed by atoms with van der Waals surface area (Å²) in [5.74, 6) is 1.46. The number of hydrogen-bond acceptors (Lipinski definition) is 1. The largest absolute Gasteiger partial charge is 0.0885 e. The van der Waals surface area contributed by atoms with Crippen LogP contribution in [0.5, 0.6) is 0 Å². The molecule has 0 bridgehead atoms. The Bertz CT molecular complexity index is 864. The van der Waals surface area contributed by atoms with Gasteiger partial charge in [-0.15, -0.1) is 0 Å². The minimum Gasteiger partial charge on any atom is -0.0885 e. The Balaban J connectivity index is 1.77. The predicted molar refractivity (Wildman–Crippen MR) is 108 cm³/mol. The molecule has 0 radical (unpaired) electrons. The van der Waals surface area contributed by atoms with Gasteiger partial charge in [-0.25, -0.2) is 0 Å². The van der Waals surface area contributed by atoms with Crippen molar-refractivity contribution >= 4 is 17.3 Å². The van der Waals surface area contributed by atoms with Crippen molar-refractivity contribution < 1.29 is 0 Å². The second-order valence-electron chi connectivity index (χ2n) is 7.99. The van der Waals surface area contributed by atoms with Crippen molar-refractivity contribution in [1.82, 2.24) is 0 Å². The van der Waals surface area contributed by atoms with Gasteiger partial charge >= 0.3 is 0 Å². The highest BCUT2D eigenvalue weighted by atomic mass is 32.2. The van der Waals surface area contributed by atoms with Crippen LogP contribution in [-0.2, 0) is 0 Å². The summed E-state index contributed by atoms with van der Waals surface area (Å²) in [4.78, 5) is 3.06. The molecular weight excluding hydrogens is 320 g/mol. The van der Waals surface area contributed by atoms with Gasteiger partial charge in [-0.3, -0.25) is 0 Å². The first-order chi connectivity index (χ1) is 12.3. The molecular formula is C24H26S. The quantitative estimate of drug-likeness (QED) is 0.470. The minimum atomic E-state index is 0.646. The Kier molecular flexibility index (Phi) is 3.82. The van der Waals surface area contributed by atoms with Crippen molar-refractivity contribution in [3.8, 4) is 0 Å². The molecule has 0 N–H and O–H groups in total. The molecule has 1 heterocycles. The van der Waals surface area contributed by atoms with E-state index < -0.39 is 0 Å². The Hall–Kier alpha value is -1.47. The molecule has 2 fully saturated rings. The van der Waals surface area contributed by atoms with Crippen molar-refractivity contribution in [3.63, 3.8) is 0 Å². The fraction of sp³-hybridized carbons (Fsp3) is 0.417. The monoisotopic (exact) mass is 346 g/mol. The highest BCUT2D eigenvalue weighted by molar-refractivity contribution is 7.99. The minimum absolute atomic E-state index is 0.646. The average Bonchev–Trinajstić information content (AvgIpc) is 3.52. The van der Waals surface area contributed by atoms with E-state index in [-0.39, 0.29) is 0 Å². The molecule has 2 aromatic carbocycles. The molecule has 5 rings (SSSR count). The van der Waals surface area contributed by atoms with Crippen LogP contribution < -0.4 is 0 Å². The molecule has 0 spiro atoms. The Morgan fingerprint density at radius 2 is 1.88 bits per heavy atom. The Morgan fingerprint density at radius 3 is 2.60 bits per heavy atom. The van der Waals surface area contributed by atoms with Gasteiger partial charge in [0.2, 0.25) is 0 Å². The summed E-state index contributed by atoms with van der Waals surface area (Å²) in [6.45, 7) is 4.74. The lowest BCUT2D eigenvalue weighted by Gasteiger charge is -2.29. The smallest absolute Gasteiger partial charge is 0.0239 e. The first-order valence-corrected chi connectivity index (χ1v) is 10.8. The number of rotatable bonds is 4. The summed E-state index contributed by atoms with van der Waals surface area (Å²) in [5.41, 5.74) is 9.61. The molecule has 0 nitrogen and oxygen atoms in total. The fourth-order valence-electron chi connectivity index (χ4n) is 4.38. The van der Waals surface area contributed by atoms with Gasteiger partial charge in [-0.1, -0.05) is 67.9 Å². The maximum atomic E-state index is 2.48. The first kappa shape index (κ1) is 15.8. The van der Waals surface area contributed by atoms with Crippen LogP contribution in [-0.4, -0.2) is 0 Å². The van der Waals surface area contributed by atoms with Crippen molar-refractivity contribution in [2.75, 3.05) is 0 Å². The molecule has 0 saturated heterocycles. The molecule has 0 amide bonds. The topological polar surface area (TPSA) is 0 Å². The summed E-state index contributed by atoms with van der Waals surface area (Å²) in [6.07, 6.45) is 7.89. The molecule has 1 heteroatoms. The first-order valence-electron chi connectivity index (χ1n) is 9.94. The standard InChI is InChI=1S/C24H26S/c1-3-6-15(2)18-13-14-19(16-9-10-16)24-23(18)22(17-11-12-17)20-7-4-5-8-21(20)25-24/h4-5,7-8,13-16H,3,6,9-12H2,1-2H3. The maximum Gasteiger partial charge on any atom is 0.0239 e. The molecule has 0 aromatic heterocycles. The van der Waals surface area contributed by atoms with Gasteiger partial charge in [-0.2, -0.15) is 0 Å². The van der Waals surface area contributed by atoms with Gasteiger partial charge in [0.05, 0.1) is 0 Å². The van der Waals surface area contributed by atoms with E-state index in [2.05, 4.69) is 50.2 Å². The maximum absolute atomic E-state index is 2.48. The fourth-order valence-corrected chi connectivity index (χ4v) is 5.70. The van der Waals surface area contributed by atoms with E-state index in [1.807, 2.05) is 11.8 Å². The van der Waals surface area contributed by atoms with Crippen molar-refractivity contribution in [3.05, 3.63) is 64.2 Å². The second kappa shape index (κ2) is 6.06. The number of benzene rings is 2. The molecule has 25 heavy (non-hydrogen) atoms. The van der Waals surface area contributed by atoms with E-state index in [0.29, 0.717) is 5.92 Å². The van der Waals surface area contributed by atoms with Gasteiger partial charge in [-0.05, 0) is 77.8 Å². The van der Waals surface area contributed by atoms with Gasteiger partial charge in [0, 0.05) is 9.79 Å². The zero-order valence-corrected chi connectivity index (χ0v) is 16.1. The third kappa shape index (κ3) is 2.68. The van der Waals surface area contributed by atoms with Crippen LogP contribution >= 0.6 is 11.8 Å². The summed E-state index contributed by atoms with van der Waals surface area (Å²) >= 11 is 2.04. The van der Waals surface area contributed by atoms with Crippen molar-refractivity contribution in [1.29, 1.82) is 0 Å². The Labute approximate surface area is 155 Å². The predicted octanol–water partition coefficient (Wildman–Crippen LogP) is 7.53. The highest BCUT2D eigenvalue weighted by Crippen LogP contribution is 2.56. The van der Waals surface area contributed by atoms with Gasteiger partial charge in [0.1, 0.15) is 0 Å². The summed E-state index contributed by atoms with van der Waals surface area (Å²) in [5, 5.41) is 0. The van der Waals surface area contributed by atoms with E-state index in [1.165, 1.54) is 49.0 Å². The second-order valence-corrected chi connectivity index (χ2v) is 9.04. The van der Waals surface area contributed by atoms with E-state index in [4.69, 9.17) is 0 Å². The van der Waals surface area contributed by atoms with Gasteiger partial charge < -0.3 is 0 Å². The third-order valence-electron chi connectivity index (χ3n) is 5.96. The number of allylic oxidation sites excluding steroid dienone is 1. The molecule has 2 saturated carbocycles.